The van der Waals surface area contributed by atoms with E-state index in [1.54, 1.807) is 18.4 Å². The third-order valence-electron chi connectivity index (χ3n) is 3.61. The molecule has 1 aliphatic heterocycles. The van der Waals surface area contributed by atoms with Gasteiger partial charge < -0.3 is 20.1 Å². The zero-order chi connectivity index (χ0) is 15.9. The second-order valence-corrected chi connectivity index (χ2v) is 6.22. The lowest BCUT2D eigenvalue weighted by molar-refractivity contribution is 0.174. The van der Waals surface area contributed by atoms with Crippen LogP contribution in [0.3, 0.4) is 0 Å². The number of fused-ring (bicyclic) bond motifs is 1. The van der Waals surface area contributed by atoms with Gasteiger partial charge in [0.1, 0.15) is 0 Å². The van der Waals surface area contributed by atoms with Crippen molar-refractivity contribution in [1.29, 1.82) is 0 Å². The van der Waals surface area contributed by atoms with Gasteiger partial charge in [0, 0.05) is 25.0 Å². The molecule has 0 amide bonds. The van der Waals surface area contributed by atoms with Crippen LogP contribution in [0.1, 0.15) is 10.4 Å². The van der Waals surface area contributed by atoms with Crippen LogP contribution in [0.4, 0.5) is 0 Å². The van der Waals surface area contributed by atoms with Crippen LogP contribution in [-0.2, 0) is 12.8 Å². The Kier molecular flexibility index (Phi) is 7.64. The van der Waals surface area contributed by atoms with Crippen molar-refractivity contribution >= 4 is 41.3 Å². The summed E-state index contributed by atoms with van der Waals surface area (Å²) in [5, 5.41) is 8.78. The quantitative estimate of drug-likeness (QED) is 0.396. The number of nitrogens with zero attached hydrogens (tertiary/aromatic N) is 1. The van der Waals surface area contributed by atoms with Gasteiger partial charge in [-0.1, -0.05) is 12.1 Å². The average Bonchev–Trinajstić information content (AvgIpc) is 3.24. The molecular formula is C17H22IN3O2S. The molecule has 0 spiro atoms. The van der Waals surface area contributed by atoms with Crippen LogP contribution in [0.15, 0.2) is 40.7 Å². The van der Waals surface area contributed by atoms with E-state index in [1.165, 1.54) is 10.4 Å². The minimum absolute atomic E-state index is 0. The van der Waals surface area contributed by atoms with Gasteiger partial charge in [-0.2, -0.15) is 0 Å². The molecule has 1 aromatic carbocycles. The normalized spacial score (nSPS) is 12.6. The molecule has 7 heteroatoms. The van der Waals surface area contributed by atoms with Gasteiger partial charge in [-0.05, 0) is 42.0 Å². The maximum absolute atomic E-state index is 5.40. The fourth-order valence-electron chi connectivity index (χ4n) is 2.40. The minimum Gasteiger partial charge on any atom is -0.454 e. The Morgan fingerprint density at radius 1 is 1.12 bits per heavy atom. The molecule has 0 saturated carbocycles. The predicted molar refractivity (Wildman–Crippen MR) is 109 cm³/mol. The second-order valence-electron chi connectivity index (χ2n) is 5.19. The Morgan fingerprint density at radius 3 is 2.67 bits per heavy atom. The summed E-state index contributed by atoms with van der Waals surface area (Å²) in [6.07, 6.45) is 1.92. The van der Waals surface area contributed by atoms with Gasteiger partial charge in [0.2, 0.25) is 6.79 Å². The molecule has 0 aliphatic carbocycles. The Balaban J connectivity index is 0.00000208. The number of aliphatic imine (C=N–C) groups is 1. The molecule has 3 rings (SSSR count). The van der Waals surface area contributed by atoms with E-state index in [0.717, 1.165) is 43.4 Å². The number of hydrogen-bond donors (Lipinski definition) is 2. The molecule has 1 aliphatic rings. The van der Waals surface area contributed by atoms with E-state index in [-0.39, 0.29) is 24.0 Å². The highest BCUT2D eigenvalue weighted by Gasteiger charge is 2.12. The summed E-state index contributed by atoms with van der Waals surface area (Å²) in [6.45, 7) is 2.01. The van der Waals surface area contributed by atoms with E-state index in [1.807, 2.05) is 12.1 Å². The van der Waals surface area contributed by atoms with Gasteiger partial charge in [-0.3, -0.25) is 4.99 Å². The van der Waals surface area contributed by atoms with Crippen LogP contribution in [-0.4, -0.2) is 32.9 Å². The van der Waals surface area contributed by atoms with Crippen LogP contribution in [0.2, 0.25) is 0 Å². The van der Waals surface area contributed by atoms with Crippen LogP contribution in [0.5, 0.6) is 11.5 Å². The smallest absolute Gasteiger partial charge is 0.231 e. The Hall–Kier alpha value is -1.48. The van der Waals surface area contributed by atoms with Crippen molar-refractivity contribution in [2.24, 2.45) is 4.99 Å². The zero-order valence-corrected chi connectivity index (χ0v) is 16.7. The van der Waals surface area contributed by atoms with Crippen molar-refractivity contribution in [1.82, 2.24) is 10.6 Å². The highest BCUT2D eigenvalue weighted by Crippen LogP contribution is 2.32. The summed E-state index contributed by atoms with van der Waals surface area (Å²) in [4.78, 5) is 5.63. The van der Waals surface area contributed by atoms with E-state index < -0.39 is 0 Å². The van der Waals surface area contributed by atoms with E-state index in [9.17, 15) is 0 Å². The SMILES string of the molecule is CN=C(NCCc1ccc2c(c1)OCO2)NCCc1cccs1.I. The molecule has 0 radical (unpaired) electrons. The predicted octanol–water partition coefficient (Wildman–Crippen LogP) is 3.05. The number of halogens is 1. The first-order chi connectivity index (χ1) is 11.3. The number of nitrogens with one attached hydrogen (secondary N) is 2. The van der Waals surface area contributed by atoms with Crippen molar-refractivity contribution in [3.8, 4) is 11.5 Å². The number of ether oxygens (including phenoxy) is 2. The van der Waals surface area contributed by atoms with Crippen molar-refractivity contribution in [2.75, 3.05) is 26.9 Å². The summed E-state index contributed by atoms with van der Waals surface area (Å²) in [5.41, 5.74) is 1.22. The summed E-state index contributed by atoms with van der Waals surface area (Å²) in [7, 11) is 1.79. The average molecular weight is 459 g/mol. The summed E-state index contributed by atoms with van der Waals surface area (Å²) >= 11 is 1.78. The number of guanidine groups is 1. The summed E-state index contributed by atoms with van der Waals surface area (Å²) in [5.74, 6) is 2.50. The summed E-state index contributed by atoms with van der Waals surface area (Å²) in [6, 6.07) is 10.3. The number of thiophene rings is 1. The maximum Gasteiger partial charge on any atom is 0.231 e. The molecule has 24 heavy (non-hydrogen) atoms. The van der Waals surface area contributed by atoms with E-state index >= 15 is 0 Å². The molecule has 2 heterocycles. The highest BCUT2D eigenvalue weighted by molar-refractivity contribution is 14.0. The Morgan fingerprint density at radius 2 is 1.92 bits per heavy atom. The van der Waals surface area contributed by atoms with Crippen LogP contribution in [0.25, 0.3) is 0 Å². The lowest BCUT2D eigenvalue weighted by Gasteiger charge is -2.11. The fraction of sp³-hybridized carbons (Fsp3) is 0.353. The molecular weight excluding hydrogens is 437 g/mol. The molecule has 2 aromatic rings. The number of hydrogen-bond acceptors (Lipinski definition) is 4. The largest absolute Gasteiger partial charge is 0.454 e. The van der Waals surface area contributed by atoms with Gasteiger partial charge in [0.05, 0.1) is 0 Å². The van der Waals surface area contributed by atoms with Crippen molar-refractivity contribution in [3.63, 3.8) is 0 Å². The molecule has 2 N–H and O–H groups in total. The first kappa shape index (κ1) is 18.9. The van der Waals surface area contributed by atoms with Gasteiger partial charge >= 0.3 is 0 Å². The topological polar surface area (TPSA) is 54.9 Å². The molecule has 0 saturated heterocycles. The van der Waals surface area contributed by atoms with Gasteiger partial charge in [0.15, 0.2) is 17.5 Å². The van der Waals surface area contributed by atoms with Crippen molar-refractivity contribution in [3.05, 3.63) is 46.2 Å². The third-order valence-corrected chi connectivity index (χ3v) is 4.55. The van der Waals surface area contributed by atoms with Gasteiger partial charge in [-0.25, -0.2) is 0 Å². The van der Waals surface area contributed by atoms with Gasteiger partial charge in [0.25, 0.3) is 0 Å². The first-order valence-corrected chi connectivity index (χ1v) is 8.58. The van der Waals surface area contributed by atoms with Gasteiger partial charge in [-0.15, -0.1) is 35.3 Å². The molecule has 130 valence electrons. The summed E-state index contributed by atoms with van der Waals surface area (Å²) < 4.78 is 10.7. The molecule has 0 atom stereocenters. The lowest BCUT2D eigenvalue weighted by atomic mass is 10.1. The number of rotatable bonds is 6. The Bertz CT molecular complexity index is 662. The van der Waals surface area contributed by atoms with Crippen LogP contribution in [0, 0.1) is 0 Å². The van der Waals surface area contributed by atoms with E-state index in [2.05, 4.69) is 39.2 Å². The molecule has 0 unspecified atom stereocenters. The Labute approximate surface area is 163 Å². The van der Waals surface area contributed by atoms with E-state index in [4.69, 9.17) is 9.47 Å². The minimum atomic E-state index is 0. The lowest BCUT2D eigenvalue weighted by Crippen LogP contribution is -2.39. The number of benzene rings is 1. The monoisotopic (exact) mass is 459 g/mol. The second kappa shape index (κ2) is 9.73. The van der Waals surface area contributed by atoms with Crippen LogP contribution >= 0.6 is 35.3 Å². The van der Waals surface area contributed by atoms with Crippen molar-refractivity contribution < 1.29 is 9.47 Å². The molecule has 5 nitrogen and oxygen atoms in total. The molecule has 0 fully saturated rings. The van der Waals surface area contributed by atoms with E-state index in [0.29, 0.717) is 6.79 Å². The third kappa shape index (κ3) is 5.27. The van der Waals surface area contributed by atoms with Crippen LogP contribution < -0.4 is 20.1 Å². The maximum atomic E-state index is 5.40. The zero-order valence-electron chi connectivity index (χ0n) is 13.6. The van der Waals surface area contributed by atoms with Crippen molar-refractivity contribution in [2.45, 2.75) is 12.8 Å². The molecule has 1 aromatic heterocycles. The fourth-order valence-corrected chi connectivity index (χ4v) is 3.11. The molecule has 0 bridgehead atoms. The highest BCUT2D eigenvalue weighted by atomic mass is 127. The standard InChI is InChI=1S/C17H21N3O2S.HI/c1-18-17(20-9-7-14-3-2-10-23-14)19-8-6-13-4-5-15-16(11-13)22-12-21-15;/h2-5,10-11H,6-9,12H2,1H3,(H2,18,19,20);1H. The first-order valence-electron chi connectivity index (χ1n) is 7.70.